The first-order valence-corrected chi connectivity index (χ1v) is 4.59. The molecule has 0 spiro atoms. The van der Waals surface area contributed by atoms with E-state index in [9.17, 15) is 13.2 Å². The average molecular weight is 260 g/mol. The highest BCUT2D eigenvalue weighted by molar-refractivity contribution is 5.25. The van der Waals surface area contributed by atoms with E-state index >= 15 is 0 Å². The molecule has 0 bridgehead atoms. The minimum absolute atomic E-state index is 0.110. The smallest absolute Gasteiger partial charge is 0.435 e. The molecule has 0 aliphatic heterocycles. The summed E-state index contributed by atoms with van der Waals surface area (Å²) >= 11 is 0. The summed E-state index contributed by atoms with van der Waals surface area (Å²) in [4.78, 5) is 11.0. The lowest BCUT2D eigenvalue weighted by atomic mass is 10.4. The minimum Gasteiger partial charge on any atom is -0.467 e. The third kappa shape index (κ3) is 2.31. The Morgan fingerprint density at radius 3 is 2.56 bits per heavy atom. The fourth-order valence-corrected chi connectivity index (χ4v) is 1.14. The molecule has 2 N–H and O–H groups in total. The molecule has 0 saturated heterocycles. The van der Waals surface area contributed by atoms with E-state index in [0.29, 0.717) is 0 Å². The van der Waals surface area contributed by atoms with Crippen molar-refractivity contribution < 1.29 is 17.9 Å². The first-order chi connectivity index (χ1) is 8.40. The molecule has 7 nitrogen and oxygen atoms in total. The number of anilines is 1. The van der Waals surface area contributed by atoms with Gasteiger partial charge in [-0.15, -0.1) is 0 Å². The highest BCUT2D eigenvalue weighted by Gasteiger charge is 2.33. The van der Waals surface area contributed by atoms with Crippen LogP contribution in [0.2, 0.25) is 0 Å². The molecule has 2 aromatic heterocycles. The number of aromatic nitrogens is 5. The summed E-state index contributed by atoms with van der Waals surface area (Å²) in [5.74, 6) is -0.337. The second-order valence-corrected chi connectivity index (χ2v) is 3.12. The van der Waals surface area contributed by atoms with Gasteiger partial charge in [0.25, 0.3) is 5.95 Å². The zero-order valence-electron chi connectivity index (χ0n) is 9.01. The molecule has 2 rings (SSSR count). The lowest BCUT2D eigenvalue weighted by molar-refractivity contribution is -0.141. The Hall–Kier alpha value is -2.39. The standard InChI is InChI=1S/C8H7F3N6O/c1-18-7-14-5(12)13-6(15-7)17-3-2-4(16-17)8(9,10)11/h2-3H,1H3,(H2,12,13,14,15). The fraction of sp³-hybridized carbons (Fsp3) is 0.250. The summed E-state index contributed by atoms with van der Waals surface area (Å²) in [6, 6.07) is 0.688. The van der Waals surface area contributed by atoms with Crippen LogP contribution < -0.4 is 10.5 Å². The van der Waals surface area contributed by atoms with Gasteiger partial charge in [0.05, 0.1) is 7.11 Å². The van der Waals surface area contributed by atoms with Gasteiger partial charge in [0.15, 0.2) is 5.69 Å². The molecule has 0 unspecified atom stereocenters. The van der Waals surface area contributed by atoms with E-state index in [1.165, 1.54) is 7.11 Å². The number of nitrogens with two attached hydrogens (primary N) is 1. The number of nitrogens with zero attached hydrogens (tertiary/aromatic N) is 5. The van der Waals surface area contributed by atoms with Crippen molar-refractivity contribution in [2.45, 2.75) is 6.18 Å². The van der Waals surface area contributed by atoms with Crippen LogP contribution in [0.3, 0.4) is 0 Å². The van der Waals surface area contributed by atoms with Crippen LogP contribution in [0.25, 0.3) is 5.95 Å². The third-order valence-electron chi connectivity index (χ3n) is 1.89. The predicted octanol–water partition coefficient (Wildman–Crippen LogP) is 0.667. The molecule has 0 atom stereocenters. The van der Waals surface area contributed by atoms with E-state index in [2.05, 4.69) is 20.1 Å². The van der Waals surface area contributed by atoms with Crippen LogP contribution in [0, 0.1) is 0 Å². The van der Waals surface area contributed by atoms with Crippen molar-refractivity contribution >= 4 is 5.95 Å². The van der Waals surface area contributed by atoms with Crippen LogP contribution in [0.15, 0.2) is 12.3 Å². The summed E-state index contributed by atoms with van der Waals surface area (Å²) in [5, 5.41) is 3.30. The second kappa shape index (κ2) is 4.13. The molecule has 2 heterocycles. The zero-order chi connectivity index (χ0) is 13.3. The maximum absolute atomic E-state index is 12.4. The number of hydrogen-bond acceptors (Lipinski definition) is 6. The first kappa shape index (κ1) is 12.1. The van der Waals surface area contributed by atoms with Crippen molar-refractivity contribution in [2.24, 2.45) is 0 Å². The van der Waals surface area contributed by atoms with Crippen molar-refractivity contribution in [3.8, 4) is 12.0 Å². The summed E-state index contributed by atoms with van der Waals surface area (Å²) in [6.45, 7) is 0. The Labute approximate surface area is 98.4 Å². The normalized spacial score (nSPS) is 11.6. The van der Waals surface area contributed by atoms with Crippen LogP contribution in [-0.4, -0.2) is 31.8 Å². The van der Waals surface area contributed by atoms with Gasteiger partial charge in [-0.2, -0.15) is 33.2 Å². The summed E-state index contributed by atoms with van der Waals surface area (Å²) in [7, 11) is 1.29. The lowest BCUT2D eigenvalue weighted by Crippen LogP contribution is -2.10. The lowest BCUT2D eigenvalue weighted by Gasteiger charge is -2.03. The Balaban J connectivity index is 2.43. The van der Waals surface area contributed by atoms with Crippen molar-refractivity contribution in [1.82, 2.24) is 24.7 Å². The van der Waals surface area contributed by atoms with Gasteiger partial charge in [0.1, 0.15) is 0 Å². The van der Waals surface area contributed by atoms with Gasteiger partial charge in [-0.05, 0) is 6.07 Å². The molecule has 0 saturated carbocycles. The van der Waals surface area contributed by atoms with E-state index in [4.69, 9.17) is 10.5 Å². The number of nitrogen functional groups attached to an aromatic ring is 1. The molecule has 0 radical (unpaired) electrons. The summed E-state index contributed by atoms with van der Waals surface area (Å²) in [6.07, 6.45) is -3.47. The maximum atomic E-state index is 12.4. The van der Waals surface area contributed by atoms with Gasteiger partial charge in [0.2, 0.25) is 5.95 Å². The zero-order valence-corrected chi connectivity index (χ0v) is 9.01. The molecular formula is C8H7F3N6O. The van der Waals surface area contributed by atoms with Gasteiger partial charge in [-0.3, -0.25) is 0 Å². The molecule has 10 heteroatoms. The van der Waals surface area contributed by atoms with Crippen molar-refractivity contribution in [2.75, 3.05) is 12.8 Å². The summed E-state index contributed by atoms with van der Waals surface area (Å²) in [5.41, 5.74) is 4.30. The second-order valence-electron chi connectivity index (χ2n) is 3.12. The molecule has 0 aliphatic rings. The van der Waals surface area contributed by atoms with Crippen molar-refractivity contribution in [3.63, 3.8) is 0 Å². The largest absolute Gasteiger partial charge is 0.467 e. The van der Waals surface area contributed by atoms with Crippen LogP contribution >= 0.6 is 0 Å². The van der Waals surface area contributed by atoms with Gasteiger partial charge < -0.3 is 10.5 Å². The highest BCUT2D eigenvalue weighted by Crippen LogP contribution is 2.27. The van der Waals surface area contributed by atoms with E-state index in [-0.39, 0.29) is 17.9 Å². The monoisotopic (exact) mass is 260 g/mol. The third-order valence-corrected chi connectivity index (χ3v) is 1.89. The van der Waals surface area contributed by atoms with Gasteiger partial charge in [-0.1, -0.05) is 0 Å². The Morgan fingerprint density at radius 1 is 1.28 bits per heavy atom. The van der Waals surface area contributed by atoms with Crippen molar-refractivity contribution in [3.05, 3.63) is 18.0 Å². The average Bonchev–Trinajstić information content (AvgIpc) is 2.77. The topological polar surface area (TPSA) is 91.7 Å². The predicted molar refractivity (Wildman–Crippen MR) is 52.9 cm³/mol. The van der Waals surface area contributed by atoms with Crippen molar-refractivity contribution in [1.29, 1.82) is 0 Å². The van der Waals surface area contributed by atoms with Gasteiger partial charge in [-0.25, -0.2) is 4.68 Å². The molecule has 96 valence electrons. The van der Waals surface area contributed by atoms with Crippen LogP contribution in [0.1, 0.15) is 5.69 Å². The Kier molecular flexibility index (Phi) is 2.77. The molecule has 0 aromatic carbocycles. The number of methoxy groups -OCH3 is 1. The number of hydrogen-bond donors (Lipinski definition) is 1. The van der Waals surface area contributed by atoms with Crippen LogP contribution in [-0.2, 0) is 6.18 Å². The van der Waals surface area contributed by atoms with E-state index < -0.39 is 11.9 Å². The number of rotatable bonds is 2. The molecule has 0 amide bonds. The quantitative estimate of drug-likeness (QED) is 0.853. The Bertz CT molecular complexity index is 566. The molecule has 2 aromatic rings. The number of ether oxygens (including phenoxy) is 1. The molecular weight excluding hydrogens is 253 g/mol. The van der Waals surface area contributed by atoms with Crippen LogP contribution in [0.4, 0.5) is 19.1 Å². The SMILES string of the molecule is COc1nc(N)nc(-n2ccc(C(F)(F)F)n2)n1. The summed E-state index contributed by atoms with van der Waals surface area (Å²) < 4.78 is 42.7. The number of alkyl halides is 3. The maximum Gasteiger partial charge on any atom is 0.435 e. The van der Waals surface area contributed by atoms with Gasteiger partial charge >= 0.3 is 12.2 Å². The van der Waals surface area contributed by atoms with Crippen LogP contribution in [0.5, 0.6) is 6.01 Å². The molecule has 18 heavy (non-hydrogen) atoms. The molecule has 0 fully saturated rings. The van der Waals surface area contributed by atoms with E-state index in [1.807, 2.05) is 0 Å². The minimum atomic E-state index is -4.53. The van der Waals surface area contributed by atoms with E-state index in [0.717, 1.165) is 16.9 Å². The number of halogens is 3. The first-order valence-electron chi connectivity index (χ1n) is 4.59. The van der Waals surface area contributed by atoms with E-state index in [1.54, 1.807) is 0 Å². The fourth-order valence-electron chi connectivity index (χ4n) is 1.14. The molecule has 0 aliphatic carbocycles. The van der Waals surface area contributed by atoms with Gasteiger partial charge in [0, 0.05) is 6.20 Å². The Morgan fingerprint density at radius 2 is 2.00 bits per heavy atom. The highest BCUT2D eigenvalue weighted by atomic mass is 19.4.